The Balaban J connectivity index is 2.61. The van der Waals surface area contributed by atoms with Crippen molar-refractivity contribution in [2.24, 2.45) is 0 Å². The molecule has 1 rings (SSSR count). The summed E-state index contributed by atoms with van der Waals surface area (Å²) < 4.78 is 5.12. The molecule has 0 N–H and O–H groups in total. The van der Waals surface area contributed by atoms with Crippen LogP contribution in [0.15, 0.2) is 30.3 Å². The van der Waals surface area contributed by atoms with E-state index in [0.29, 0.717) is 0 Å². The Morgan fingerprint density at radius 3 is 2.44 bits per heavy atom. The van der Waals surface area contributed by atoms with E-state index in [9.17, 15) is 0 Å². The van der Waals surface area contributed by atoms with Gasteiger partial charge in [0, 0.05) is 6.26 Å². The van der Waals surface area contributed by atoms with Crippen molar-refractivity contribution in [2.45, 2.75) is 0 Å². The molecule has 0 spiro atoms. The molecule has 1 aromatic carbocycles. The predicted octanol–water partition coefficient (Wildman–Crippen LogP) is 2.34. The first-order valence-electron chi connectivity index (χ1n) is 2.69. The molecule has 0 aliphatic rings. The molecule has 0 saturated carbocycles. The molecule has 0 aromatic heterocycles. The Kier molecular flexibility index (Phi) is 2.46. The molecule has 0 amide bonds. The Labute approximate surface area is 59.2 Å². The molecule has 0 fully saturated rings. The zero-order chi connectivity index (χ0) is 6.53. The van der Waals surface area contributed by atoms with Gasteiger partial charge in [0.15, 0.2) is 0 Å². The lowest BCUT2D eigenvalue weighted by atomic mass is 10.3. The van der Waals surface area contributed by atoms with Crippen molar-refractivity contribution in [2.75, 3.05) is 6.26 Å². The van der Waals surface area contributed by atoms with E-state index in [-0.39, 0.29) is 0 Å². The van der Waals surface area contributed by atoms with Crippen molar-refractivity contribution in [3.63, 3.8) is 0 Å². The van der Waals surface area contributed by atoms with Gasteiger partial charge in [0.2, 0.25) is 0 Å². The minimum Gasteiger partial charge on any atom is -0.426 e. The van der Waals surface area contributed by atoms with Gasteiger partial charge in [0.1, 0.15) is 5.75 Å². The molecule has 0 aliphatic heterocycles. The summed E-state index contributed by atoms with van der Waals surface area (Å²) in [6.07, 6.45) is 1.90. The third-order valence-corrected chi connectivity index (χ3v) is 1.28. The van der Waals surface area contributed by atoms with Crippen LogP contribution in [0.25, 0.3) is 0 Å². The van der Waals surface area contributed by atoms with Gasteiger partial charge >= 0.3 is 0 Å². The highest BCUT2D eigenvalue weighted by atomic mass is 32.2. The van der Waals surface area contributed by atoms with Crippen LogP contribution >= 0.6 is 12.0 Å². The maximum absolute atomic E-state index is 5.12. The lowest BCUT2D eigenvalue weighted by molar-refractivity contribution is 0.650. The number of benzene rings is 1. The maximum atomic E-state index is 5.12. The smallest absolute Gasteiger partial charge is 0.137 e. The first kappa shape index (κ1) is 6.49. The number of hydrogen-bond acceptors (Lipinski definition) is 2. The summed E-state index contributed by atoms with van der Waals surface area (Å²) >= 11 is 1.35. The van der Waals surface area contributed by atoms with Crippen LogP contribution in [0.4, 0.5) is 0 Å². The molecule has 9 heavy (non-hydrogen) atoms. The molecule has 0 heterocycles. The van der Waals surface area contributed by atoms with Crippen LogP contribution in [0.1, 0.15) is 0 Å². The van der Waals surface area contributed by atoms with E-state index in [1.165, 1.54) is 12.0 Å². The molecule has 2 heteroatoms. The van der Waals surface area contributed by atoms with Crippen LogP contribution in [0, 0.1) is 0 Å². The summed E-state index contributed by atoms with van der Waals surface area (Å²) in [6, 6.07) is 9.72. The summed E-state index contributed by atoms with van der Waals surface area (Å²) in [5.41, 5.74) is 0. The highest BCUT2D eigenvalue weighted by Gasteiger charge is 1.85. The fourth-order valence-electron chi connectivity index (χ4n) is 0.572. The van der Waals surface area contributed by atoms with Gasteiger partial charge in [-0.1, -0.05) is 18.2 Å². The first-order chi connectivity index (χ1) is 4.43. The van der Waals surface area contributed by atoms with Gasteiger partial charge in [-0.25, -0.2) is 0 Å². The second kappa shape index (κ2) is 3.41. The normalized spacial score (nSPS) is 9.00. The average molecular weight is 140 g/mol. The van der Waals surface area contributed by atoms with Crippen molar-refractivity contribution in [3.8, 4) is 5.75 Å². The summed E-state index contributed by atoms with van der Waals surface area (Å²) in [6.45, 7) is 0. The number of para-hydroxylation sites is 1. The Morgan fingerprint density at radius 1 is 1.22 bits per heavy atom. The molecular formula is C7H8OS. The highest BCUT2D eigenvalue weighted by Crippen LogP contribution is 2.12. The SMILES string of the molecule is CSOc1ccccc1. The van der Waals surface area contributed by atoms with Crippen LogP contribution in [0.2, 0.25) is 0 Å². The van der Waals surface area contributed by atoms with Crippen LogP contribution in [-0.2, 0) is 0 Å². The van der Waals surface area contributed by atoms with Gasteiger partial charge < -0.3 is 4.18 Å². The van der Waals surface area contributed by atoms with Crippen molar-refractivity contribution < 1.29 is 4.18 Å². The van der Waals surface area contributed by atoms with Gasteiger partial charge in [-0.2, -0.15) is 0 Å². The Bertz CT molecular complexity index is 162. The predicted molar refractivity (Wildman–Crippen MR) is 40.6 cm³/mol. The monoisotopic (exact) mass is 140 g/mol. The lowest BCUT2D eigenvalue weighted by Gasteiger charge is -1.96. The summed E-state index contributed by atoms with van der Waals surface area (Å²) in [5.74, 6) is 0.907. The molecule has 1 nitrogen and oxygen atoms in total. The largest absolute Gasteiger partial charge is 0.426 e. The summed E-state index contributed by atoms with van der Waals surface area (Å²) in [4.78, 5) is 0. The third kappa shape index (κ3) is 1.98. The van der Waals surface area contributed by atoms with E-state index in [1.807, 2.05) is 36.6 Å². The van der Waals surface area contributed by atoms with E-state index < -0.39 is 0 Å². The quantitative estimate of drug-likeness (QED) is 0.583. The van der Waals surface area contributed by atoms with E-state index >= 15 is 0 Å². The lowest BCUT2D eigenvalue weighted by Crippen LogP contribution is -1.75. The van der Waals surface area contributed by atoms with Crippen LogP contribution in [0.5, 0.6) is 5.75 Å². The Morgan fingerprint density at radius 2 is 1.89 bits per heavy atom. The minimum absolute atomic E-state index is 0.907. The minimum atomic E-state index is 0.907. The van der Waals surface area contributed by atoms with Crippen molar-refractivity contribution in [1.29, 1.82) is 0 Å². The van der Waals surface area contributed by atoms with Crippen molar-refractivity contribution >= 4 is 12.0 Å². The fourth-order valence-corrected chi connectivity index (χ4v) is 0.876. The van der Waals surface area contributed by atoms with Gasteiger partial charge in [-0.3, -0.25) is 0 Å². The summed E-state index contributed by atoms with van der Waals surface area (Å²) in [7, 11) is 0. The topological polar surface area (TPSA) is 9.23 Å². The first-order valence-corrected chi connectivity index (χ1v) is 3.84. The van der Waals surface area contributed by atoms with Crippen LogP contribution in [0.3, 0.4) is 0 Å². The van der Waals surface area contributed by atoms with Crippen molar-refractivity contribution in [1.82, 2.24) is 0 Å². The third-order valence-electron chi connectivity index (χ3n) is 0.923. The number of rotatable bonds is 2. The highest BCUT2D eigenvalue weighted by molar-refractivity contribution is 7.94. The number of hydrogen-bond donors (Lipinski definition) is 0. The molecule has 1 aromatic rings. The second-order valence-corrected chi connectivity index (χ2v) is 2.06. The standard InChI is InChI=1S/C7H8OS/c1-9-8-7-5-3-2-4-6-7/h2-6H,1H3. The van der Waals surface area contributed by atoms with Gasteiger partial charge in [0.25, 0.3) is 0 Å². The molecule has 0 bridgehead atoms. The second-order valence-electron chi connectivity index (χ2n) is 1.56. The molecule has 0 unspecified atom stereocenters. The van der Waals surface area contributed by atoms with Gasteiger partial charge in [-0.05, 0) is 12.1 Å². The maximum Gasteiger partial charge on any atom is 0.137 e. The molecule has 0 aliphatic carbocycles. The van der Waals surface area contributed by atoms with E-state index in [1.54, 1.807) is 0 Å². The molecule has 48 valence electrons. The van der Waals surface area contributed by atoms with Gasteiger partial charge in [-0.15, -0.1) is 0 Å². The molecular weight excluding hydrogens is 132 g/mol. The molecule has 0 radical (unpaired) electrons. The molecule has 0 saturated heterocycles. The zero-order valence-corrected chi connectivity index (χ0v) is 6.02. The zero-order valence-electron chi connectivity index (χ0n) is 5.20. The molecule has 0 atom stereocenters. The average Bonchev–Trinajstić information content (AvgIpc) is 1.91. The van der Waals surface area contributed by atoms with Gasteiger partial charge in [0.05, 0.1) is 12.0 Å². The summed E-state index contributed by atoms with van der Waals surface area (Å²) in [5, 5.41) is 0. The van der Waals surface area contributed by atoms with Crippen LogP contribution < -0.4 is 4.18 Å². The Hall–Kier alpha value is -0.630. The van der Waals surface area contributed by atoms with Crippen LogP contribution in [-0.4, -0.2) is 6.26 Å². The van der Waals surface area contributed by atoms with Crippen molar-refractivity contribution in [3.05, 3.63) is 30.3 Å². The van der Waals surface area contributed by atoms with E-state index in [0.717, 1.165) is 5.75 Å². The fraction of sp³-hybridized carbons (Fsp3) is 0.143. The van der Waals surface area contributed by atoms with E-state index in [2.05, 4.69) is 0 Å². The van der Waals surface area contributed by atoms with E-state index in [4.69, 9.17) is 4.18 Å².